The number of pyridine rings is 1. The fourth-order valence-corrected chi connectivity index (χ4v) is 4.25. The Labute approximate surface area is 206 Å². The number of rotatable bonds is 5. The Morgan fingerprint density at radius 2 is 1.80 bits per heavy atom. The molecule has 0 unspecified atom stereocenters. The van der Waals surface area contributed by atoms with E-state index >= 15 is 0 Å². The molecule has 0 bridgehead atoms. The quantitative estimate of drug-likeness (QED) is 0.536. The number of hydrogen-bond donors (Lipinski definition) is 0. The van der Waals surface area contributed by atoms with Crippen molar-refractivity contribution < 1.29 is 14.3 Å². The van der Waals surface area contributed by atoms with Crippen molar-refractivity contribution in [2.75, 3.05) is 26.7 Å². The van der Waals surface area contributed by atoms with Crippen molar-refractivity contribution in [3.05, 3.63) is 66.6 Å². The lowest BCUT2D eigenvalue weighted by atomic mass is 9.95. The molecule has 0 saturated carbocycles. The lowest BCUT2D eigenvalue weighted by Crippen LogP contribution is -2.43. The van der Waals surface area contributed by atoms with Crippen LogP contribution in [-0.4, -0.2) is 68.8 Å². The van der Waals surface area contributed by atoms with Crippen LogP contribution in [0.1, 0.15) is 44.0 Å². The summed E-state index contributed by atoms with van der Waals surface area (Å²) >= 11 is 0. The van der Waals surface area contributed by atoms with Gasteiger partial charge in [-0.3, -0.25) is 9.78 Å². The minimum Gasteiger partial charge on any atom is -0.444 e. The van der Waals surface area contributed by atoms with Crippen molar-refractivity contribution >= 4 is 12.0 Å². The first-order valence-corrected chi connectivity index (χ1v) is 12.0. The first kappa shape index (κ1) is 24.4. The van der Waals surface area contributed by atoms with Crippen molar-refractivity contribution in [1.29, 1.82) is 0 Å². The summed E-state index contributed by atoms with van der Waals surface area (Å²) in [7, 11) is 1.77. The number of carbonyl (C=O) groups is 2. The number of benzene rings is 1. The van der Waals surface area contributed by atoms with E-state index in [1.165, 1.54) is 0 Å². The maximum atomic E-state index is 13.6. The Morgan fingerprint density at radius 1 is 1.09 bits per heavy atom. The number of aromatic nitrogens is 3. The minimum absolute atomic E-state index is 0.0371. The second-order valence-electron chi connectivity index (χ2n) is 10.0. The van der Waals surface area contributed by atoms with Crippen molar-refractivity contribution in [1.82, 2.24) is 24.6 Å². The van der Waals surface area contributed by atoms with E-state index in [9.17, 15) is 9.59 Å². The SMILES string of the molecule is CN(CC1CCN(C(=O)c2cn(-c3ccccc3)nc2-c2cccnc2)CC1)C(=O)OC(C)(C)C. The predicted octanol–water partition coefficient (Wildman–Crippen LogP) is 4.65. The molecule has 4 rings (SSSR count). The molecule has 1 aromatic carbocycles. The van der Waals surface area contributed by atoms with Gasteiger partial charge in [0.15, 0.2) is 0 Å². The molecule has 8 nitrogen and oxygen atoms in total. The van der Waals surface area contributed by atoms with E-state index in [4.69, 9.17) is 9.84 Å². The van der Waals surface area contributed by atoms with E-state index in [-0.39, 0.29) is 12.0 Å². The zero-order valence-electron chi connectivity index (χ0n) is 20.8. The molecule has 0 atom stereocenters. The van der Waals surface area contributed by atoms with Gasteiger partial charge in [-0.1, -0.05) is 18.2 Å². The van der Waals surface area contributed by atoms with Crippen molar-refractivity contribution in [2.45, 2.75) is 39.2 Å². The second-order valence-corrected chi connectivity index (χ2v) is 10.0. The number of nitrogens with zero attached hydrogens (tertiary/aromatic N) is 5. The largest absolute Gasteiger partial charge is 0.444 e. The fourth-order valence-electron chi connectivity index (χ4n) is 4.25. The maximum Gasteiger partial charge on any atom is 0.410 e. The van der Waals surface area contributed by atoms with Crippen LogP contribution >= 0.6 is 0 Å². The molecule has 35 heavy (non-hydrogen) atoms. The van der Waals surface area contributed by atoms with Gasteiger partial charge in [0.05, 0.1) is 11.3 Å². The van der Waals surface area contributed by atoms with Crippen LogP contribution in [0.25, 0.3) is 16.9 Å². The van der Waals surface area contributed by atoms with Gasteiger partial charge in [-0.05, 0) is 63.8 Å². The molecule has 0 radical (unpaired) electrons. The number of ether oxygens (including phenoxy) is 1. The maximum absolute atomic E-state index is 13.6. The van der Waals surface area contributed by atoms with Crippen LogP contribution in [0.3, 0.4) is 0 Å². The van der Waals surface area contributed by atoms with Gasteiger partial charge in [0.1, 0.15) is 11.3 Å². The lowest BCUT2D eigenvalue weighted by Gasteiger charge is -2.34. The molecule has 2 amide bonds. The summed E-state index contributed by atoms with van der Waals surface area (Å²) in [5.41, 5.74) is 2.36. The summed E-state index contributed by atoms with van der Waals surface area (Å²) in [5.74, 6) is 0.284. The van der Waals surface area contributed by atoms with Crippen LogP contribution in [0.2, 0.25) is 0 Å². The second kappa shape index (κ2) is 10.3. The first-order chi connectivity index (χ1) is 16.7. The summed E-state index contributed by atoms with van der Waals surface area (Å²) in [6.45, 7) is 7.47. The predicted molar refractivity (Wildman–Crippen MR) is 134 cm³/mol. The molecular formula is C27H33N5O3. The number of para-hydroxylation sites is 1. The van der Waals surface area contributed by atoms with Crippen LogP contribution in [0, 0.1) is 5.92 Å². The highest BCUT2D eigenvalue weighted by atomic mass is 16.6. The van der Waals surface area contributed by atoms with E-state index in [0.29, 0.717) is 36.8 Å². The third-order valence-electron chi connectivity index (χ3n) is 6.04. The van der Waals surface area contributed by atoms with Crippen LogP contribution in [0.15, 0.2) is 61.1 Å². The third-order valence-corrected chi connectivity index (χ3v) is 6.04. The third kappa shape index (κ3) is 6.07. The van der Waals surface area contributed by atoms with Crippen LogP contribution in [0.4, 0.5) is 4.79 Å². The average molecular weight is 476 g/mol. The van der Waals surface area contributed by atoms with E-state index in [1.807, 2.05) is 74.3 Å². The number of carbonyl (C=O) groups excluding carboxylic acids is 2. The molecule has 8 heteroatoms. The smallest absolute Gasteiger partial charge is 0.410 e. The molecule has 3 aromatic rings. The Hall–Kier alpha value is -3.68. The van der Waals surface area contributed by atoms with Crippen molar-refractivity contribution in [3.8, 4) is 16.9 Å². The molecule has 1 aliphatic heterocycles. The van der Waals surface area contributed by atoms with Crippen molar-refractivity contribution in [3.63, 3.8) is 0 Å². The number of amides is 2. The van der Waals surface area contributed by atoms with Gasteiger partial charge in [-0.15, -0.1) is 0 Å². The summed E-state index contributed by atoms with van der Waals surface area (Å²) in [6.07, 6.45) is 6.58. The van der Waals surface area contributed by atoms with Gasteiger partial charge in [-0.25, -0.2) is 9.48 Å². The standard InChI is InChI=1S/C27H33N5O3/c1-27(2,3)35-26(34)30(4)18-20-12-15-31(16-13-20)25(33)23-19-32(22-10-6-5-7-11-22)29-24(23)21-9-8-14-28-17-21/h5-11,14,17,19-20H,12-13,15-16,18H2,1-4H3. The molecule has 1 saturated heterocycles. The molecule has 0 N–H and O–H groups in total. The summed E-state index contributed by atoms with van der Waals surface area (Å²) in [4.78, 5) is 33.6. The molecule has 0 spiro atoms. The van der Waals surface area contributed by atoms with Crippen LogP contribution < -0.4 is 0 Å². The van der Waals surface area contributed by atoms with E-state index in [2.05, 4.69) is 4.98 Å². The lowest BCUT2D eigenvalue weighted by molar-refractivity contribution is 0.0246. The average Bonchev–Trinajstić information content (AvgIpc) is 3.30. The van der Waals surface area contributed by atoms with Crippen molar-refractivity contribution in [2.24, 2.45) is 5.92 Å². The molecule has 0 aliphatic carbocycles. The van der Waals surface area contributed by atoms with Gasteiger partial charge in [0.25, 0.3) is 5.91 Å². The summed E-state index contributed by atoms with van der Waals surface area (Å²) < 4.78 is 7.21. The van der Waals surface area contributed by atoms with E-state index < -0.39 is 5.60 Å². The Morgan fingerprint density at radius 3 is 2.43 bits per heavy atom. The van der Waals surface area contributed by atoms with Gasteiger partial charge in [0, 0.05) is 50.8 Å². The van der Waals surface area contributed by atoms with Gasteiger partial charge in [0.2, 0.25) is 0 Å². The zero-order chi connectivity index (χ0) is 25.0. The van der Waals surface area contributed by atoms with Gasteiger partial charge in [-0.2, -0.15) is 5.10 Å². The highest BCUT2D eigenvalue weighted by Crippen LogP contribution is 2.27. The zero-order valence-corrected chi connectivity index (χ0v) is 20.8. The molecular weight excluding hydrogens is 442 g/mol. The monoisotopic (exact) mass is 475 g/mol. The van der Waals surface area contributed by atoms with Gasteiger partial charge < -0.3 is 14.5 Å². The Bertz CT molecular complexity index is 1150. The first-order valence-electron chi connectivity index (χ1n) is 12.0. The number of piperidine rings is 1. The highest BCUT2D eigenvalue weighted by Gasteiger charge is 2.29. The van der Waals surface area contributed by atoms with Crippen LogP contribution in [0.5, 0.6) is 0 Å². The molecule has 1 aliphatic rings. The molecule has 184 valence electrons. The number of hydrogen-bond acceptors (Lipinski definition) is 5. The fraction of sp³-hybridized carbons (Fsp3) is 0.407. The molecule has 1 fully saturated rings. The highest BCUT2D eigenvalue weighted by molar-refractivity contribution is 6.00. The molecule has 3 heterocycles. The minimum atomic E-state index is -0.517. The molecule has 2 aromatic heterocycles. The topological polar surface area (TPSA) is 80.6 Å². The van der Waals surface area contributed by atoms with Crippen LogP contribution in [-0.2, 0) is 4.74 Å². The normalized spacial score (nSPS) is 14.6. The Balaban J connectivity index is 1.46. The number of likely N-dealkylation sites (tertiary alicyclic amines) is 1. The Kier molecular flexibility index (Phi) is 7.19. The summed E-state index contributed by atoms with van der Waals surface area (Å²) in [5, 5.41) is 4.74. The van der Waals surface area contributed by atoms with E-state index in [1.54, 1.807) is 29.0 Å². The van der Waals surface area contributed by atoms with E-state index in [0.717, 1.165) is 24.1 Å². The van der Waals surface area contributed by atoms with Gasteiger partial charge >= 0.3 is 6.09 Å². The summed E-state index contributed by atoms with van der Waals surface area (Å²) in [6, 6.07) is 13.5.